The summed E-state index contributed by atoms with van der Waals surface area (Å²) in [5, 5.41) is 17.1. The van der Waals surface area contributed by atoms with Gasteiger partial charge in [-0.15, -0.1) is 0 Å². The van der Waals surface area contributed by atoms with Crippen LogP contribution in [-0.4, -0.2) is 55.8 Å². The van der Waals surface area contributed by atoms with E-state index in [1.54, 1.807) is 7.11 Å². The number of benzene rings is 4. The van der Waals surface area contributed by atoms with E-state index in [1.807, 2.05) is 67.7 Å². The van der Waals surface area contributed by atoms with E-state index < -0.39 is 23.7 Å². The predicted octanol–water partition coefficient (Wildman–Crippen LogP) is 7.02. The first kappa shape index (κ1) is 25.8. The van der Waals surface area contributed by atoms with Gasteiger partial charge in [-0.3, -0.25) is 9.69 Å². The van der Waals surface area contributed by atoms with Gasteiger partial charge in [0.2, 0.25) is 0 Å². The van der Waals surface area contributed by atoms with Gasteiger partial charge in [-0.25, -0.2) is 0 Å². The van der Waals surface area contributed by atoms with E-state index in [1.165, 1.54) is 0 Å². The number of aromatic hydroxyl groups is 1. The number of nitrogens with zero attached hydrogens (tertiary/aromatic N) is 3. The molecule has 9 rings (SSSR count). The van der Waals surface area contributed by atoms with E-state index in [4.69, 9.17) is 9.47 Å². The number of nitrogens with one attached hydrogen (secondary N) is 1. The average Bonchev–Trinajstić information content (AvgIpc) is 3.69. The zero-order valence-electron chi connectivity index (χ0n) is 25.0. The molecule has 1 fully saturated rings. The molecule has 8 heteroatoms. The minimum absolute atomic E-state index is 0.0280. The highest BCUT2D eigenvalue weighted by molar-refractivity contribution is 6.37. The van der Waals surface area contributed by atoms with E-state index in [0.29, 0.717) is 12.1 Å². The summed E-state index contributed by atoms with van der Waals surface area (Å²) in [6.07, 6.45) is 1.31. The number of ether oxygens (including phenoxy) is 2. The highest BCUT2D eigenvalue weighted by Crippen LogP contribution is 2.55. The number of hydrogen-bond acceptors (Lipinski definition) is 5. The van der Waals surface area contributed by atoms with Crippen molar-refractivity contribution in [2.45, 2.75) is 44.5 Å². The number of aromatic nitrogens is 3. The Labute approximate surface area is 253 Å². The third kappa shape index (κ3) is 2.95. The van der Waals surface area contributed by atoms with E-state index in [-0.39, 0.29) is 11.7 Å². The fourth-order valence-corrected chi connectivity index (χ4v) is 8.49. The van der Waals surface area contributed by atoms with Gasteiger partial charge in [0.05, 0.1) is 33.5 Å². The minimum atomic E-state index is -1.05. The van der Waals surface area contributed by atoms with Crippen LogP contribution in [0.3, 0.4) is 0 Å². The van der Waals surface area contributed by atoms with E-state index in [0.717, 1.165) is 54.4 Å². The third-order valence-corrected chi connectivity index (χ3v) is 10.1. The quantitative estimate of drug-likeness (QED) is 0.217. The molecule has 220 valence electrons. The molecule has 0 aliphatic carbocycles. The molecule has 3 aromatic heterocycles. The van der Waals surface area contributed by atoms with Crippen molar-refractivity contribution in [1.82, 2.24) is 19.0 Å². The normalized spacial score (nSPS) is 24.2. The minimum Gasteiger partial charge on any atom is -0.494 e. The van der Waals surface area contributed by atoms with Crippen LogP contribution in [0.4, 0.5) is 0 Å². The summed E-state index contributed by atoms with van der Waals surface area (Å²) >= 11 is 0. The van der Waals surface area contributed by atoms with Crippen molar-refractivity contribution in [3.8, 4) is 5.88 Å². The highest BCUT2D eigenvalue weighted by Gasteiger charge is 2.58. The number of carbonyl (C=O) groups excluding carboxylic acids is 1. The Balaban J connectivity index is 1.47. The van der Waals surface area contributed by atoms with Crippen molar-refractivity contribution in [3.63, 3.8) is 0 Å². The van der Waals surface area contributed by atoms with E-state index >= 15 is 0 Å². The van der Waals surface area contributed by atoms with Crippen LogP contribution in [0.2, 0.25) is 0 Å². The van der Waals surface area contributed by atoms with Crippen molar-refractivity contribution in [3.05, 3.63) is 90.6 Å². The third-order valence-electron chi connectivity index (χ3n) is 10.1. The maximum Gasteiger partial charge on any atom is 0.197 e. The first-order valence-electron chi connectivity index (χ1n) is 15.1. The second-order valence-corrected chi connectivity index (χ2v) is 12.6. The molecule has 0 radical (unpaired) electrons. The average molecular weight is 585 g/mol. The zero-order chi connectivity index (χ0) is 30.1. The molecule has 2 N–H and O–H groups in total. The van der Waals surface area contributed by atoms with E-state index in [2.05, 4.69) is 57.1 Å². The molecule has 0 spiro atoms. The molecule has 2 aliphatic rings. The Morgan fingerprint density at radius 2 is 1.50 bits per heavy atom. The standard InChI is InChI=1S/C36H32N4O4/c1-20(32(41)21-12-6-5-7-13-21)38-19-35(2)39-25-16-10-9-15-23(25)28-29-24(18-37-33(29)42)27-22-14-8-11-17-26(22)40(30(27)31(28)39)36(3,44-35)34(38)43-4/h5-18,20,34,37,42H,19H2,1-4H3/t20?,34-,35+,36-/m0/s1. The van der Waals surface area contributed by atoms with Crippen molar-refractivity contribution in [1.29, 1.82) is 0 Å². The molecule has 4 aromatic carbocycles. The van der Waals surface area contributed by atoms with Gasteiger partial charge in [-0.05, 0) is 32.9 Å². The number of rotatable bonds is 4. The van der Waals surface area contributed by atoms with Crippen molar-refractivity contribution in [2.24, 2.45) is 0 Å². The maximum atomic E-state index is 14.0. The van der Waals surface area contributed by atoms with Gasteiger partial charge in [0, 0.05) is 52.3 Å². The lowest BCUT2D eigenvalue weighted by Crippen LogP contribution is -2.68. The van der Waals surface area contributed by atoms with Crippen LogP contribution >= 0.6 is 0 Å². The molecule has 5 heterocycles. The zero-order valence-corrected chi connectivity index (χ0v) is 25.0. The first-order valence-corrected chi connectivity index (χ1v) is 15.1. The van der Waals surface area contributed by atoms with Gasteiger partial charge >= 0.3 is 0 Å². The number of Topliss-reactive ketones (excluding diaryl/α,β-unsaturated/α-hetero) is 1. The molecule has 4 atom stereocenters. The van der Waals surface area contributed by atoms with Crippen LogP contribution in [0.1, 0.15) is 31.1 Å². The summed E-state index contributed by atoms with van der Waals surface area (Å²) < 4.78 is 18.3. The van der Waals surface area contributed by atoms with Crippen LogP contribution in [0.25, 0.3) is 54.4 Å². The van der Waals surface area contributed by atoms with Gasteiger partial charge in [-0.2, -0.15) is 0 Å². The van der Waals surface area contributed by atoms with Gasteiger partial charge in [-0.1, -0.05) is 66.7 Å². The number of carbonyl (C=O) groups is 1. The molecule has 2 aliphatic heterocycles. The maximum absolute atomic E-state index is 14.0. The Morgan fingerprint density at radius 3 is 2.20 bits per heavy atom. The molecule has 7 aromatic rings. The van der Waals surface area contributed by atoms with Crippen LogP contribution in [0, 0.1) is 0 Å². The lowest BCUT2D eigenvalue weighted by atomic mass is 9.98. The molecular formula is C36H32N4O4. The number of para-hydroxylation sites is 2. The number of fused-ring (bicyclic) bond motifs is 13. The molecule has 0 amide bonds. The molecule has 1 saturated heterocycles. The lowest BCUT2D eigenvalue weighted by Gasteiger charge is -2.55. The van der Waals surface area contributed by atoms with Crippen molar-refractivity contribution >= 4 is 60.2 Å². The molecule has 44 heavy (non-hydrogen) atoms. The molecule has 2 bridgehead atoms. The van der Waals surface area contributed by atoms with Crippen molar-refractivity contribution in [2.75, 3.05) is 13.7 Å². The summed E-state index contributed by atoms with van der Waals surface area (Å²) in [4.78, 5) is 19.3. The van der Waals surface area contributed by atoms with Gasteiger partial charge < -0.3 is 28.7 Å². The second kappa shape index (κ2) is 8.51. The molecule has 0 saturated carbocycles. The smallest absolute Gasteiger partial charge is 0.197 e. The summed E-state index contributed by atoms with van der Waals surface area (Å²) in [5.74, 6) is 0.171. The Bertz CT molecular complexity index is 2330. The van der Waals surface area contributed by atoms with Crippen LogP contribution in [-0.2, 0) is 20.9 Å². The second-order valence-electron chi connectivity index (χ2n) is 12.6. The van der Waals surface area contributed by atoms with Crippen LogP contribution in [0.15, 0.2) is 85.1 Å². The fraction of sp³-hybridized carbons (Fsp3) is 0.250. The van der Waals surface area contributed by atoms with Crippen molar-refractivity contribution < 1.29 is 19.4 Å². The predicted molar refractivity (Wildman–Crippen MR) is 172 cm³/mol. The molecule has 8 nitrogen and oxygen atoms in total. The summed E-state index contributed by atoms with van der Waals surface area (Å²) in [7, 11) is 1.70. The SMILES string of the molecule is CO[C@@H]1N(C(C)C(=O)c2ccccc2)C[C@@]2(C)O[C@]1(C)n1c3ccccc3c3c4c[nH]c(O)c4c4c5ccccc5n2c4c31. The molecular weight excluding hydrogens is 552 g/mol. The lowest BCUT2D eigenvalue weighted by molar-refractivity contribution is -0.337. The highest BCUT2D eigenvalue weighted by atomic mass is 16.6. The number of methoxy groups -OCH3 is 1. The summed E-state index contributed by atoms with van der Waals surface area (Å²) in [6.45, 7) is 6.55. The number of ketones is 1. The summed E-state index contributed by atoms with van der Waals surface area (Å²) in [5.41, 5.74) is 2.70. The van der Waals surface area contributed by atoms with Gasteiger partial charge in [0.25, 0.3) is 0 Å². The van der Waals surface area contributed by atoms with Gasteiger partial charge in [0.15, 0.2) is 29.3 Å². The number of morpholine rings is 1. The van der Waals surface area contributed by atoms with Gasteiger partial charge in [0.1, 0.15) is 0 Å². The number of H-pyrrole nitrogens is 1. The topological polar surface area (TPSA) is 84.7 Å². The number of aromatic amines is 1. The Morgan fingerprint density at radius 1 is 0.886 bits per heavy atom. The summed E-state index contributed by atoms with van der Waals surface area (Å²) in [6, 6.07) is 25.6. The number of hydrogen-bond donors (Lipinski definition) is 2. The monoisotopic (exact) mass is 584 g/mol. The van der Waals surface area contributed by atoms with Crippen LogP contribution in [0.5, 0.6) is 5.88 Å². The Kier molecular flexibility index (Phi) is 4.99. The molecule has 1 unspecified atom stereocenters. The van der Waals surface area contributed by atoms with E-state index in [9.17, 15) is 9.90 Å². The Hall–Kier alpha value is -4.63. The van der Waals surface area contributed by atoms with Crippen LogP contribution < -0.4 is 0 Å². The largest absolute Gasteiger partial charge is 0.494 e. The fourth-order valence-electron chi connectivity index (χ4n) is 8.49. The first-order chi connectivity index (χ1) is 21.3.